The molecule has 0 saturated heterocycles. The maximum atomic E-state index is 10.6. The number of Topliss-reactive ketones (excluding diaryl/α,β-unsaturated/α-hetero) is 1. The zero-order chi connectivity index (χ0) is 8.85. The fourth-order valence-corrected chi connectivity index (χ4v) is 1.08. The second kappa shape index (κ2) is 5.38. The van der Waals surface area contributed by atoms with E-state index < -0.39 is 0 Å². The highest BCUT2D eigenvalue weighted by molar-refractivity contribution is 7.84. The average Bonchev–Trinajstić information content (AvgIpc) is 1.87. The van der Waals surface area contributed by atoms with Gasteiger partial charge in [0.1, 0.15) is 5.78 Å². The van der Waals surface area contributed by atoms with E-state index in [0.717, 1.165) is 11.3 Å². The molecule has 0 radical (unpaired) electrons. The summed E-state index contributed by atoms with van der Waals surface area (Å²) in [5.41, 5.74) is 0. The van der Waals surface area contributed by atoms with Gasteiger partial charge in [0.15, 0.2) is 0 Å². The van der Waals surface area contributed by atoms with Crippen LogP contribution in [0.25, 0.3) is 0 Å². The molecular weight excluding hydrogens is 158 g/mol. The predicted octanol–water partition coefficient (Wildman–Crippen LogP) is 1.39. The van der Waals surface area contributed by atoms with Crippen LogP contribution in [-0.2, 0) is 4.79 Å². The summed E-state index contributed by atoms with van der Waals surface area (Å²) >= 11 is 4.11. The van der Waals surface area contributed by atoms with Crippen LogP contribution in [0.1, 0.15) is 19.8 Å². The summed E-state index contributed by atoms with van der Waals surface area (Å²) in [7, 11) is 1.84. The first-order valence-corrected chi connectivity index (χ1v) is 4.07. The van der Waals surface area contributed by atoms with E-state index in [1.54, 1.807) is 6.92 Å². The standard InChI is InChI=1S/C8H15NOS/c1-6(10)4-5-8(9-3)7(2)11/h8-9,11H,2,4-5H2,1,3H3. The van der Waals surface area contributed by atoms with Gasteiger partial charge < -0.3 is 10.1 Å². The highest BCUT2D eigenvalue weighted by atomic mass is 32.1. The molecule has 0 aromatic heterocycles. The fourth-order valence-electron chi connectivity index (χ4n) is 0.825. The van der Waals surface area contributed by atoms with Crippen LogP contribution >= 0.6 is 12.6 Å². The Morgan fingerprint density at radius 1 is 1.73 bits per heavy atom. The molecule has 0 aliphatic carbocycles. The van der Waals surface area contributed by atoms with E-state index >= 15 is 0 Å². The molecule has 0 rings (SSSR count). The van der Waals surface area contributed by atoms with Crippen LogP contribution in [0.3, 0.4) is 0 Å². The molecule has 0 aliphatic heterocycles. The van der Waals surface area contributed by atoms with Crippen LogP contribution in [0.4, 0.5) is 0 Å². The molecule has 0 heterocycles. The zero-order valence-electron chi connectivity index (χ0n) is 7.05. The molecule has 0 aromatic rings. The molecule has 0 amide bonds. The number of rotatable bonds is 5. The molecule has 0 bridgehead atoms. The van der Waals surface area contributed by atoms with Crippen molar-refractivity contribution in [2.45, 2.75) is 25.8 Å². The lowest BCUT2D eigenvalue weighted by Gasteiger charge is -2.13. The van der Waals surface area contributed by atoms with Gasteiger partial charge in [0.05, 0.1) is 0 Å². The molecule has 11 heavy (non-hydrogen) atoms. The highest BCUT2D eigenvalue weighted by Gasteiger charge is 2.07. The number of carbonyl (C=O) groups is 1. The Bertz CT molecular complexity index is 156. The Balaban J connectivity index is 3.70. The Kier molecular flexibility index (Phi) is 5.24. The summed E-state index contributed by atoms with van der Waals surface area (Å²) in [6.07, 6.45) is 1.37. The lowest BCUT2D eigenvalue weighted by molar-refractivity contribution is -0.117. The lowest BCUT2D eigenvalue weighted by atomic mass is 10.1. The number of thiol groups is 1. The molecule has 2 nitrogen and oxygen atoms in total. The minimum absolute atomic E-state index is 0.155. The maximum Gasteiger partial charge on any atom is 0.129 e. The third-order valence-corrected chi connectivity index (χ3v) is 1.85. The zero-order valence-corrected chi connectivity index (χ0v) is 7.95. The lowest BCUT2D eigenvalue weighted by Crippen LogP contribution is -2.25. The summed E-state index contributed by atoms with van der Waals surface area (Å²) in [5.74, 6) is 0.208. The van der Waals surface area contributed by atoms with Crippen molar-refractivity contribution in [1.82, 2.24) is 5.32 Å². The van der Waals surface area contributed by atoms with Crippen molar-refractivity contribution < 1.29 is 4.79 Å². The fraction of sp³-hybridized carbons (Fsp3) is 0.625. The van der Waals surface area contributed by atoms with E-state index in [9.17, 15) is 4.79 Å². The third kappa shape index (κ3) is 5.04. The molecule has 1 N–H and O–H groups in total. The van der Waals surface area contributed by atoms with Gasteiger partial charge in [-0.15, -0.1) is 12.6 Å². The number of hydrogen-bond donors (Lipinski definition) is 2. The molecule has 64 valence electrons. The third-order valence-electron chi connectivity index (χ3n) is 1.54. The molecule has 0 saturated carbocycles. The van der Waals surface area contributed by atoms with Crippen LogP contribution in [0, 0.1) is 0 Å². The number of ketones is 1. The molecule has 0 fully saturated rings. The molecule has 0 spiro atoms. The Hall–Kier alpha value is -0.280. The van der Waals surface area contributed by atoms with E-state index in [4.69, 9.17) is 0 Å². The van der Waals surface area contributed by atoms with Gasteiger partial charge in [-0.05, 0) is 25.3 Å². The number of nitrogens with one attached hydrogen (secondary N) is 1. The van der Waals surface area contributed by atoms with Crippen molar-refractivity contribution >= 4 is 18.4 Å². The first-order valence-electron chi connectivity index (χ1n) is 3.62. The van der Waals surface area contributed by atoms with Gasteiger partial charge in [-0.3, -0.25) is 0 Å². The Morgan fingerprint density at radius 2 is 2.27 bits per heavy atom. The van der Waals surface area contributed by atoms with Crippen LogP contribution < -0.4 is 5.32 Å². The smallest absolute Gasteiger partial charge is 0.129 e. The minimum Gasteiger partial charge on any atom is -0.313 e. The molecular formula is C8H15NOS. The second-order valence-corrected chi connectivity index (χ2v) is 3.15. The maximum absolute atomic E-state index is 10.6. The van der Waals surface area contributed by atoms with Gasteiger partial charge in [-0.1, -0.05) is 6.58 Å². The summed E-state index contributed by atoms with van der Waals surface area (Å²) in [4.78, 5) is 11.4. The van der Waals surface area contributed by atoms with Crippen molar-refractivity contribution in [1.29, 1.82) is 0 Å². The Labute approximate surface area is 73.5 Å². The van der Waals surface area contributed by atoms with Gasteiger partial charge in [0, 0.05) is 12.5 Å². The number of carbonyl (C=O) groups excluding carboxylic acids is 1. The summed E-state index contributed by atoms with van der Waals surface area (Å²) in [6.45, 7) is 5.29. The first kappa shape index (κ1) is 10.7. The van der Waals surface area contributed by atoms with Crippen LogP contribution in [-0.4, -0.2) is 18.9 Å². The van der Waals surface area contributed by atoms with Crippen molar-refractivity contribution in [2.24, 2.45) is 0 Å². The van der Waals surface area contributed by atoms with E-state index in [0.29, 0.717) is 6.42 Å². The van der Waals surface area contributed by atoms with E-state index in [-0.39, 0.29) is 11.8 Å². The van der Waals surface area contributed by atoms with Crippen LogP contribution in [0.5, 0.6) is 0 Å². The summed E-state index contributed by atoms with van der Waals surface area (Å²) in [6, 6.07) is 0.155. The molecule has 3 heteroatoms. The van der Waals surface area contributed by atoms with E-state index in [1.807, 2.05) is 7.05 Å². The predicted molar refractivity (Wildman–Crippen MR) is 50.9 cm³/mol. The number of hydrogen-bond acceptors (Lipinski definition) is 3. The second-order valence-electron chi connectivity index (χ2n) is 2.57. The molecule has 1 unspecified atom stereocenters. The summed E-state index contributed by atoms with van der Waals surface area (Å²) < 4.78 is 0. The largest absolute Gasteiger partial charge is 0.313 e. The topological polar surface area (TPSA) is 29.1 Å². The number of likely N-dealkylation sites (N-methyl/N-ethyl adjacent to an activating group) is 1. The Morgan fingerprint density at radius 3 is 2.55 bits per heavy atom. The molecule has 0 aliphatic rings. The molecule has 0 aromatic carbocycles. The van der Waals surface area contributed by atoms with Gasteiger partial charge in [0.25, 0.3) is 0 Å². The van der Waals surface area contributed by atoms with E-state index in [1.165, 1.54) is 0 Å². The van der Waals surface area contributed by atoms with Crippen molar-refractivity contribution in [3.8, 4) is 0 Å². The van der Waals surface area contributed by atoms with E-state index in [2.05, 4.69) is 24.5 Å². The SMILES string of the molecule is C=C(S)C(CCC(C)=O)NC. The van der Waals surface area contributed by atoms with Gasteiger partial charge in [0.2, 0.25) is 0 Å². The quantitative estimate of drug-likeness (QED) is 0.615. The average molecular weight is 173 g/mol. The van der Waals surface area contributed by atoms with Crippen LogP contribution in [0.15, 0.2) is 11.5 Å². The van der Waals surface area contributed by atoms with Crippen molar-refractivity contribution in [3.63, 3.8) is 0 Å². The van der Waals surface area contributed by atoms with Crippen molar-refractivity contribution in [2.75, 3.05) is 7.05 Å². The highest BCUT2D eigenvalue weighted by Crippen LogP contribution is 2.09. The van der Waals surface area contributed by atoms with Gasteiger partial charge in [-0.2, -0.15) is 0 Å². The van der Waals surface area contributed by atoms with Gasteiger partial charge in [-0.25, -0.2) is 0 Å². The normalized spacial score (nSPS) is 12.6. The minimum atomic E-state index is 0.155. The molecule has 1 atom stereocenters. The van der Waals surface area contributed by atoms with Crippen LogP contribution in [0.2, 0.25) is 0 Å². The monoisotopic (exact) mass is 173 g/mol. The summed E-state index contributed by atoms with van der Waals surface area (Å²) in [5, 5.41) is 3.03. The first-order chi connectivity index (χ1) is 5.07. The van der Waals surface area contributed by atoms with Crippen molar-refractivity contribution in [3.05, 3.63) is 11.5 Å². The van der Waals surface area contributed by atoms with Gasteiger partial charge >= 0.3 is 0 Å².